The van der Waals surface area contributed by atoms with E-state index in [0.717, 1.165) is 24.4 Å². The normalized spacial score (nSPS) is 14.5. The molecule has 6 heteroatoms. The molecule has 17 heavy (non-hydrogen) atoms. The highest BCUT2D eigenvalue weighted by Gasteiger charge is 2.27. The van der Waals surface area contributed by atoms with Gasteiger partial charge in [0.05, 0.1) is 5.56 Å². The zero-order chi connectivity index (χ0) is 11.8. The molecule has 0 bridgehead atoms. The quantitative estimate of drug-likeness (QED) is 0.821. The number of H-pyrrole nitrogens is 1. The van der Waals surface area contributed by atoms with E-state index in [-0.39, 0.29) is 0 Å². The summed E-state index contributed by atoms with van der Waals surface area (Å²) in [6, 6.07) is 6.02. The van der Waals surface area contributed by atoms with E-state index in [2.05, 4.69) is 15.2 Å². The Hall–Kier alpha value is -2.00. The van der Waals surface area contributed by atoms with Crippen LogP contribution in [0.5, 0.6) is 0 Å². The van der Waals surface area contributed by atoms with Crippen LogP contribution in [-0.2, 0) is 0 Å². The Kier molecular flexibility index (Phi) is 2.27. The fourth-order valence-corrected chi connectivity index (χ4v) is 2.03. The second-order valence-corrected chi connectivity index (χ2v) is 4.38. The van der Waals surface area contributed by atoms with Crippen LogP contribution in [0.15, 0.2) is 18.3 Å². The number of nitrogens with zero attached hydrogens (tertiary/aromatic N) is 4. The average Bonchev–Trinajstić information content (AvgIpc) is 3.13. The number of aromatic nitrogens is 4. The smallest absolute Gasteiger partial charge is 0.195 e. The van der Waals surface area contributed by atoms with Crippen LogP contribution in [0.25, 0.3) is 11.5 Å². The molecule has 0 unspecified atom stereocenters. The van der Waals surface area contributed by atoms with E-state index in [0.29, 0.717) is 16.4 Å². The summed E-state index contributed by atoms with van der Waals surface area (Å²) < 4.78 is 2.64. The highest BCUT2D eigenvalue weighted by Crippen LogP contribution is 2.37. The Morgan fingerprint density at radius 2 is 2.29 bits per heavy atom. The molecule has 0 spiro atoms. The van der Waals surface area contributed by atoms with Gasteiger partial charge in [-0.25, -0.2) is 0 Å². The molecule has 2 aromatic heterocycles. The molecule has 2 aromatic rings. The lowest BCUT2D eigenvalue weighted by Crippen LogP contribution is -1.99. The molecule has 0 saturated heterocycles. The minimum atomic E-state index is 0.452. The molecule has 5 nitrogen and oxygen atoms in total. The van der Waals surface area contributed by atoms with Crippen molar-refractivity contribution in [3.8, 4) is 17.6 Å². The van der Waals surface area contributed by atoms with Gasteiger partial charge in [0.25, 0.3) is 0 Å². The fourth-order valence-electron chi connectivity index (χ4n) is 1.75. The first-order valence-corrected chi connectivity index (χ1v) is 5.74. The first-order chi connectivity index (χ1) is 8.29. The van der Waals surface area contributed by atoms with Crippen LogP contribution in [0, 0.1) is 16.1 Å². The van der Waals surface area contributed by atoms with Crippen LogP contribution < -0.4 is 0 Å². The summed E-state index contributed by atoms with van der Waals surface area (Å²) in [6.07, 6.45) is 3.82. The summed E-state index contributed by atoms with van der Waals surface area (Å²) in [5, 5.41) is 15.7. The molecular formula is C11H9N5S. The van der Waals surface area contributed by atoms with Crippen molar-refractivity contribution in [2.75, 3.05) is 0 Å². The minimum absolute atomic E-state index is 0.452. The Balaban J connectivity index is 2.09. The topological polar surface area (TPSA) is 70.3 Å². The van der Waals surface area contributed by atoms with Gasteiger partial charge in [-0.2, -0.15) is 10.4 Å². The second-order valence-electron chi connectivity index (χ2n) is 4.00. The van der Waals surface area contributed by atoms with E-state index in [1.165, 1.54) is 0 Å². The zero-order valence-electron chi connectivity index (χ0n) is 8.92. The number of hydrogen-bond donors (Lipinski definition) is 1. The molecule has 0 aromatic carbocycles. The maximum absolute atomic E-state index is 8.72. The van der Waals surface area contributed by atoms with Crippen molar-refractivity contribution in [1.82, 2.24) is 19.7 Å². The van der Waals surface area contributed by atoms with Gasteiger partial charge < -0.3 is 0 Å². The molecule has 3 rings (SSSR count). The zero-order valence-corrected chi connectivity index (χ0v) is 9.74. The Bertz CT molecular complexity index is 642. The SMILES string of the molecule is N#Cc1ccc(-c2n[nH]c(=S)n2C2CC2)nc1. The molecule has 0 radical (unpaired) electrons. The van der Waals surface area contributed by atoms with Gasteiger partial charge in [0.15, 0.2) is 10.6 Å². The molecule has 1 aliphatic rings. The summed E-state index contributed by atoms with van der Waals surface area (Å²) in [4.78, 5) is 4.23. The van der Waals surface area contributed by atoms with Crippen molar-refractivity contribution in [3.05, 3.63) is 28.7 Å². The van der Waals surface area contributed by atoms with Gasteiger partial charge in [0.2, 0.25) is 0 Å². The maximum atomic E-state index is 8.72. The molecule has 1 N–H and O–H groups in total. The van der Waals surface area contributed by atoms with Gasteiger partial charge in [-0.05, 0) is 37.2 Å². The van der Waals surface area contributed by atoms with Crippen LogP contribution in [0.3, 0.4) is 0 Å². The summed E-state index contributed by atoms with van der Waals surface area (Å²) >= 11 is 5.20. The number of nitrogens with one attached hydrogen (secondary N) is 1. The van der Waals surface area contributed by atoms with Crippen molar-refractivity contribution < 1.29 is 0 Å². The van der Waals surface area contributed by atoms with Crippen molar-refractivity contribution in [3.63, 3.8) is 0 Å². The molecule has 2 heterocycles. The predicted molar refractivity (Wildman–Crippen MR) is 63.6 cm³/mol. The average molecular weight is 243 g/mol. The van der Waals surface area contributed by atoms with E-state index in [4.69, 9.17) is 17.5 Å². The van der Waals surface area contributed by atoms with Crippen LogP contribution in [-0.4, -0.2) is 19.7 Å². The molecule has 0 atom stereocenters. The van der Waals surface area contributed by atoms with Crippen LogP contribution >= 0.6 is 12.2 Å². The molecule has 1 fully saturated rings. The molecule has 84 valence electrons. The standard InChI is InChI=1S/C11H9N5S/c12-5-7-1-4-9(13-6-7)10-14-15-11(17)16(10)8-2-3-8/h1,4,6,8H,2-3H2,(H,15,17). The van der Waals surface area contributed by atoms with E-state index in [9.17, 15) is 0 Å². The molecular weight excluding hydrogens is 234 g/mol. The summed E-state index contributed by atoms with van der Waals surface area (Å²) in [7, 11) is 0. The van der Waals surface area contributed by atoms with Gasteiger partial charge in [-0.1, -0.05) is 0 Å². The Morgan fingerprint density at radius 3 is 2.88 bits per heavy atom. The van der Waals surface area contributed by atoms with E-state index >= 15 is 0 Å². The van der Waals surface area contributed by atoms with E-state index in [1.54, 1.807) is 18.3 Å². The first kappa shape index (κ1) is 10.2. The maximum Gasteiger partial charge on any atom is 0.195 e. The first-order valence-electron chi connectivity index (χ1n) is 5.33. The van der Waals surface area contributed by atoms with Gasteiger partial charge >= 0.3 is 0 Å². The summed E-state index contributed by atoms with van der Waals surface area (Å²) in [5.74, 6) is 0.752. The third-order valence-corrected chi connectivity index (χ3v) is 3.03. The Morgan fingerprint density at radius 1 is 1.47 bits per heavy atom. The molecule has 1 aliphatic carbocycles. The lowest BCUT2D eigenvalue weighted by molar-refractivity contribution is 0.733. The Labute approximate surface area is 103 Å². The third kappa shape index (κ3) is 1.74. The third-order valence-electron chi connectivity index (χ3n) is 2.74. The molecule has 0 amide bonds. The fraction of sp³-hybridized carbons (Fsp3) is 0.273. The largest absolute Gasteiger partial charge is 0.296 e. The van der Waals surface area contributed by atoms with E-state index in [1.807, 2.05) is 10.6 Å². The number of rotatable bonds is 2. The number of aromatic amines is 1. The minimum Gasteiger partial charge on any atom is -0.296 e. The van der Waals surface area contributed by atoms with E-state index < -0.39 is 0 Å². The van der Waals surface area contributed by atoms with Crippen molar-refractivity contribution in [2.45, 2.75) is 18.9 Å². The van der Waals surface area contributed by atoms with Crippen LogP contribution in [0.2, 0.25) is 0 Å². The lowest BCUT2D eigenvalue weighted by atomic mass is 10.2. The van der Waals surface area contributed by atoms with Crippen molar-refractivity contribution in [2.24, 2.45) is 0 Å². The van der Waals surface area contributed by atoms with Gasteiger partial charge in [-0.3, -0.25) is 14.6 Å². The predicted octanol–water partition coefficient (Wildman–Crippen LogP) is 2.21. The lowest BCUT2D eigenvalue weighted by Gasteiger charge is -2.03. The number of nitriles is 1. The number of hydrogen-bond acceptors (Lipinski definition) is 4. The summed E-state index contributed by atoms with van der Waals surface area (Å²) in [6.45, 7) is 0. The molecule has 1 saturated carbocycles. The monoisotopic (exact) mass is 243 g/mol. The van der Waals surface area contributed by atoms with Crippen LogP contribution in [0.1, 0.15) is 24.4 Å². The van der Waals surface area contributed by atoms with Crippen LogP contribution in [0.4, 0.5) is 0 Å². The highest BCUT2D eigenvalue weighted by molar-refractivity contribution is 7.71. The molecule has 0 aliphatic heterocycles. The van der Waals surface area contributed by atoms with Crippen molar-refractivity contribution >= 4 is 12.2 Å². The summed E-state index contributed by atoms with van der Waals surface area (Å²) in [5.41, 5.74) is 1.28. The van der Waals surface area contributed by atoms with Gasteiger partial charge in [-0.15, -0.1) is 0 Å². The number of pyridine rings is 1. The van der Waals surface area contributed by atoms with Gasteiger partial charge in [0.1, 0.15) is 11.8 Å². The van der Waals surface area contributed by atoms with Crippen molar-refractivity contribution in [1.29, 1.82) is 5.26 Å². The highest BCUT2D eigenvalue weighted by atomic mass is 32.1. The van der Waals surface area contributed by atoms with Gasteiger partial charge in [0, 0.05) is 12.2 Å². The second kappa shape index (κ2) is 3.79.